The summed E-state index contributed by atoms with van der Waals surface area (Å²) in [5.41, 5.74) is 5.01. The van der Waals surface area contributed by atoms with Crippen LogP contribution in [-0.2, 0) is 4.74 Å². The third kappa shape index (κ3) is 3.10. The van der Waals surface area contributed by atoms with Crippen LogP contribution in [0.15, 0.2) is 60.7 Å². The highest BCUT2D eigenvalue weighted by Crippen LogP contribution is 2.44. The SMILES string of the molecule is O=C(Nc1nc2c(O)ccc(Cl)c2s1)OCC1c2ccccc2-c2ccccc21. The van der Waals surface area contributed by atoms with Crippen LogP contribution in [0.3, 0.4) is 0 Å². The zero-order valence-electron chi connectivity index (χ0n) is 15.1. The summed E-state index contributed by atoms with van der Waals surface area (Å²) in [5, 5.41) is 13.3. The van der Waals surface area contributed by atoms with Crippen LogP contribution in [0.4, 0.5) is 9.93 Å². The molecule has 3 aromatic carbocycles. The second-order valence-electron chi connectivity index (χ2n) is 6.71. The molecule has 0 unspecified atom stereocenters. The van der Waals surface area contributed by atoms with E-state index in [2.05, 4.69) is 34.6 Å². The van der Waals surface area contributed by atoms with E-state index in [1.54, 1.807) is 6.07 Å². The number of carbonyl (C=O) groups is 1. The molecule has 1 aromatic heterocycles. The first kappa shape index (κ1) is 18.0. The number of ether oxygens (including phenoxy) is 1. The van der Waals surface area contributed by atoms with Crippen molar-refractivity contribution < 1.29 is 14.6 Å². The number of carbonyl (C=O) groups excluding carboxylic acids is 1. The third-order valence-corrected chi connectivity index (χ3v) is 6.46. The van der Waals surface area contributed by atoms with Gasteiger partial charge in [-0.15, -0.1) is 0 Å². The Balaban J connectivity index is 1.34. The van der Waals surface area contributed by atoms with Gasteiger partial charge in [-0.25, -0.2) is 9.78 Å². The lowest BCUT2D eigenvalue weighted by Crippen LogP contribution is -2.17. The van der Waals surface area contributed by atoms with Crippen molar-refractivity contribution >= 4 is 44.4 Å². The first-order valence-corrected chi connectivity index (χ1v) is 10.2. The Morgan fingerprint density at radius 2 is 1.72 bits per heavy atom. The zero-order chi connectivity index (χ0) is 20.0. The molecule has 0 fully saturated rings. The molecule has 1 aliphatic carbocycles. The van der Waals surface area contributed by atoms with E-state index in [4.69, 9.17) is 16.3 Å². The highest BCUT2D eigenvalue weighted by atomic mass is 35.5. The van der Waals surface area contributed by atoms with E-state index in [9.17, 15) is 9.90 Å². The minimum absolute atomic E-state index is 0.0120. The molecule has 7 heteroatoms. The van der Waals surface area contributed by atoms with Crippen LogP contribution in [-0.4, -0.2) is 22.8 Å². The molecule has 0 bridgehead atoms. The Hall–Kier alpha value is -3.09. The van der Waals surface area contributed by atoms with Crippen molar-refractivity contribution in [3.63, 3.8) is 0 Å². The second-order valence-corrected chi connectivity index (χ2v) is 8.12. The van der Waals surface area contributed by atoms with Gasteiger partial charge in [0.15, 0.2) is 5.13 Å². The van der Waals surface area contributed by atoms with Gasteiger partial charge in [0.05, 0.1) is 9.72 Å². The average molecular weight is 423 g/mol. The number of amides is 1. The largest absolute Gasteiger partial charge is 0.506 e. The Morgan fingerprint density at radius 3 is 2.38 bits per heavy atom. The first-order valence-electron chi connectivity index (χ1n) is 9.02. The zero-order valence-corrected chi connectivity index (χ0v) is 16.6. The van der Waals surface area contributed by atoms with Crippen molar-refractivity contribution in [1.29, 1.82) is 0 Å². The van der Waals surface area contributed by atoms with Gasteiger partial charge in [0.25, 0.3) is 0 Å². The van der Waals surface area contributed by atoms with Crippen molar-refractivity contribution in [3.05, 3.63) is 76.8 Å². The number of aromatic nitrogens is 1. The van der Waals surface area contributed by atoms with E-state index in [1.165, 1.54) is 28.5 Å². The average Bonchev–Trinajstić information content (AvgIpc) is 3.30. The van der Waals surface area contributed by atoms with Gasteiger partial charge >= 0.3 is 6.09 Å². The van der Waals surface area contributed by atoms with Gasteiger partial charge in [0.2, 0.25) is 0 Å². The number of anilines is 1. The van der Waals surface area contributed by atoms with E-state index >= 15 is 0 Å². The molecule has 0 saturated heterocycles. The molecule has 1 heterocycles. The minimum Gasteiger partial charge on any atom is -0.506 e. The number of nitrogens with zero attached hydrogens (tertiary/aromatic N) is 1. The molecule has 2 N–H and O–H groups in total. The molecule has 1 aliphatic rings. The summed E-state index contributed by atoms with van der Waals surface area (Å²) in [6, 6.07) is 19.4. The second kappa shape index (κ2) is 7.06. The van der Waals surface area contributed by atoms with Gasteiger partial charge in [0, 0.05) is 5.92 Å². The predicted octanol–water partition coefficient (Wildman–Crippen LogP) is 6.02. The maximum Gasteiger partial charge on any atom is 0.413 e. The van der Waals surface area contributed by atoms with Gasteiger partial charge < -0.3 is 9.84 Å². The lowest BCUT2D eigenvalue weighted by atomic mass is 9.98. The van der Waals surface area contributed by atoms with Gasteiger partial charge in [0.1, 0.15) is 17.9 Å². The molecule has 0 saturated carbocycles. The van der Waals surface area contributed by atoms with Crippen molar-refractivity contribution in [1.82, 2.24) is 4.98 Å². The summed E-state index contributed by atoms with van der Waals surface area (Å²) in [7, 11) is 0. The Labute approximate surface area is 175 Å². The van der Waals surface area contributed by atoms with Crippen molar-refractivity contribution in [2.45, 2.75) is 5.92 Å². The lowest BCUT2D eigenvalue weighted by Gasteiger charge is -2.14. The van der Waals surface area contributed by atoms with Crippen LogP contribution in [0.5, 0.6) is 5.75 Å². The number of benzene rings is 3. The number of rotatable bonds is 3. The van der Waals surface area contributed by atoms with Gasteiger partial charge in [-0.1, -0.05) is 71.5 Å². The van der Waals surface area contributed by atoms with E-state index < -0.39 is 6.09 Å². The molecule has 0 radical (unpaired) electrons. The summed E-state index contributed by atoms with van der Waals surface area (Å²) in [5.74, 6) is 0.00300. The highest BCUT2D eigenvalue weighted by Gasteiger charge is 2.29. The smallest absolute Gasteiger partial charge is 0.413 e. The fourth-order valence-electron chi connectivity index (χ4n) is 3.74. The molecular weight excluding hydrogens is 408 g/mol. The van der Waals surface area contributed by atoms with Crippen molar-refractivity contribution in [2.24, 2.45) is 0 Å². The molecular formula is C22H15ClN2O3S. The number of aromatic hydroxyl groups is 1. The summed E-state index contributed by atoms with van der Waals surface area (Å²) in [6.07, 6.45) is -0.596. The molecule has 0 atom stereocenters. The maximum atomic E-state index is 12.4. The standard InChI is InChI=1S/C22H15ClN2O3S/c23-17-9-10-18(26)19-20(17)29-21(24-19)25-22(27)28-11-16-14-7-3-1-5-12(14)13-6-2-4-8-15(13)16/h1-10,16,26H,11H2,(H,24,25,27). The Bertz CT molecular complexity index is 1170. The first-order chi connectivity index (χ1) is 14.1. The molecule has 5 nitrogen and oxygen atoms in total. The van der Waals surface area contributed by atoms with E-state index in [0.717, 1.165) is 11.1 Å². The predicted molar refractivity (Wildman–Crippen MR) is 115 cm³/mol. The number of phenols is 1. The number of hydrogen-bond donors (Lipinski definition) is 2. The van der Waals surface area contributed by atoms with E-state index in [0.29, 0.717) is 20.4 Å². The topological polar surface area (TPSA) is 71.5 Å². The normalized spacial score (nSPS) is 12.6. The number of thiazole rings is 1. The number of nitrogens with one attached hydrogen (secondary N) is 1. The summed E-state index contributed by atoms with van der Waals surface area (Å²) < 4.78 is 6.13. The van der Waals surface area contributed by atoms with Crippen molar-refractivity contribution in [2.75, 3.05) is 11.9 Å². The molecule has 144 valence electrons. The van der Waals surface area contributed by atoms with Crippen LogP contribution < -0.4 is 5.32 Å². The fourth-order valence-corrected chi connectivity index (χ4v) is 4.88. The maximum absolute atomic E-state index is 12.4. The van der Waals surface area contributed by atoms with E-state index in [1.807, 2.05) is 24.3 Å². The Morgan fingerprint density at radius 1 is 1.07 bits per heavy atom. The van der Waals surface area contributed by atoms with Crippen LogP contribution in [0.1, 0.15) is 17.0 Å². The third-order valence-electron chi connectivity index (χ3n) is 5.03. The lowest BCUT2D eigenvalue weighted by molar-refractivity contribution is 0.158. The number of halogens is 1. The summed E-state index contributed by atoms with van der Waals surface area (Å²) in [4.78, 5) is 16.6. The molecule has 5 rings (SSSR count). The van der Waals surface area contributed by atoms with Crippen LogP contribution in [0.25, 0.3) is 21.3 Å². The van der Waals surface area contributed by atoms with Gasteiger partial charge in [-0.05, 0) is 34.4 Å². The minimum atomic E-state index is -0.596. The molecule has 29 heavy (non-hydrogen) atoms. The number of fused-ring (bicyclic) bond motifs is 4. The fraction of sp³-hybridized carbons (Fsp3) is 0.0909. The van der Waals surface area contributed by atoms with Crippen LogP contribution in [0.2, 0.25) is 5.02 Å². The summed E-state index contributed by atoms with van der Waals surface area (Å²) >= 11 is 7.32. The highest BCUT2D eigenvalue weighted by molar-refractivity contribution is 7.23. The molecule has 0 spiro atoms. The number of hydrogen-bond acceptors (Lipinski definition) is 5. The molecule has 1 amide bonds. The Kier molecular flexibility index (Phi) is 4.38. The quantitative estimate of drug-likeness (QED) is 0.423. The molecule has 4 aromatic rings. The van der Waals surface area contributed by atoms with Gasteiger partial charge in [-0.3, -0.25) is 5.32 Å². The molecule has 0 aliphatic heterocycles. The monoisotopic (exact) mass is 422 g/mol. The van der Waals surface area contributed by atoms with Gasteiger partial charge in [-0.2, -0.15) is 0 Å². The summed E-state index contributed by atoms with van der Waals surface area (Å²) in [6.45, 7) is 0.219. The van der Waals surface area contributed by atoms with E-state index in [-0.39, 0.29) is 18.3 Å². The van der Waals surface area contributed by atoms with Crippen LogP contribution in [0, 0.1) is 0 Å². The van der Waals surface area contributed by atoms with Crippen molar-refractivity contribution in [3.8, 4) is 16.9 Å². The number of phenolic OH excluding ortho intramolecular Hbond substituents is 1. The van der Waals surface area contributed by atoms with Crippen LogP contribution >= 0.6 is 22.9 Å².